The molecule has 0 bridgehead atoms. The van der Waals surface area contributed by atoms with Crippen molar-refractivity contribution < 1.29 is 4.39 Å². The first-order valence-electron chi connectivity index (χ1n) is 2.53. The average Bonchev–Trinajstić information content (AvgIpc) is 1.80. The summed E-state index contributed by atoms with van der Waals surface area (Å²) in [5.74, 6) is 0. The molecule has 0 amide bonds. The summed E-state index contributed by atoms with van der Waals surface area (Å²) in [7, 11) is 0. The third-order valence-electron chi connectivity index (χ3n) is 1.07. The van der Waals surface area contributed by atoms with Crippen LogP contribution in [0.4, 0.5) is 4.39 Å². The maximum absolute atomic E-state index is 12.1. The second-order valence-corrected chi connectivity index (χ2v) is 1.75. The molecule has 0 atom stereocenters. The van der Waals surface area contributed by atoms with E-state index in [2.05, 4.69) is 15.2 Å². The van der Waals surface area contributed by atoms with Crippen molar-refractivity contribution in [3.05, 3.63) is 17.5 Å². The van der Waals surface area contributed by atoms with Crippen molar-refractivity contribution in [3.8, 4) is 0 Å². The molecule has 1 heterocycles. The van der Waals surface area contributed by atoms with Crippen LogP contribution in [0.5, 0.6) is 0 Å². The van der Waals surface area contributed by atoms with Gasteiger partial charge in [0, 0.05) is 0 Å². The number of halogens is 1. The number of rotatable bonds is 0. The minimum Gasteiger partial charge on any atom is -0.204 e. The SMILES string of the molecule is Cc1nnc(F)nc1C. The van der Waals surface area contributed by atoms with Gasteiger partial charge in [-0.15, -0.1) is 5.10 Å². The van der Waals surface area contributed by atoms with Crippen LogP contribution in [-0.4, -0.2) is 15.2 Å². The van der Waals surface area contributed by atoms with E-state index in [1.54, 1.807) is 13.8 Å². The summed E-state index contributed by atoms with van der Waals surface area (Å²) in [6.45, 7) is 3.42. The van der Waals surface area contributed by atoms with Crippen LogP contribution >= 0.6 is 0 Å². The molecule has 1 rings (SSSR count). The minimum absolute atomic E-state index is 0.586. The summed E-state index contributed by atoms with van der Waals surface area (Å²) >= 11 is 0. The standard InChI is InChI=1S/C5H6FN3/c1-3-4(2)8-9-5(6)7-3/h1-2H3. The minimum atomic E-state index is -0.766. The Hall–Kier alpha value is -1.06. The fourth-order valence-electron chi connectivity index (χ4n) is 0.430. The van der Waals surface area contributed by atoms with Crippen molar-refractivity contribution in [2.24, 2.45) is 0 Å². The van der Waals surface area contributed by atoms with Crippen LogP contribution in [0.15, 0.2) is 0 Å². The van der Waals surface area contributed by atoms with Crippen molar-refractivity contribution in [1.82, 2.24) is 15.2 Å². The summed E-state index contributed by atoms with van der Waals surface area (Å²) in [6, 6.07) is 0. The van der Waals surface area contributed by atoms with Gasteiger partial charge in [0.1, 0.15) is 0 Å². The number of nitrogens with zero attached hydrogens (tertiary/aromatic N) is 3. The molecule has 0 aliphatic carbocycles. The van der Waals surface area contributed by atoms with Crippen molar-refractivity contribution in [2.75, 3.05) is 0 Å². The van der Waals surface area contributed by atoms with Crippen molar-refractivity contribution in [3.63, 3.8) is 0 Å². The van der Waals surface area contributed by atoms with E-state index >= 15 is 0 Å². The quantitative estimate of drug-likeness (QED) is 0.513. The average molecular weight is 127 g/mol. The first-order valence-corrected chi connectivity index (χ1v) is 2.53. The van der Waals surface area contributed by atoms with E-state index in [4.69, 9.17) is 0 Å². The number of hydrogen-bond donors (Lipinski definition) is 0. The predicted molar refractivity (Wildman–Crippen MR) is 29.3 cm³/mol. The zero-order chi connectivity index (χ0) is 6.85. The highest BCUT2D eigenvalue weighted by Crippen LogP contribution is 1.95. The van der Waals surface area contributed by atoms with E-state index in [0.717, 1.165) is 0 Å². The van der Waals surface area contributed by atoms with Crippen molar-refractivity contribution >= 4 is 0 Å². The number of hydrogen-bond acceptors (Lipinski definition) is 3. The molecule has 1 aromatic heterocycles. The zero-order valence-corrected chi connectivity index (χ0v) is 5.22. The molecule has 1 aromatic rings. The molecule has 0 fully saturated rings. The van der Waals surface area contributed by atoms with Crippen LogP contribution in [0.2, 0.25) is 0 Å². The summed E-state index contributed by atoms with van der Waals surface area (Å²) in [6.07, 6.45) is -0.766. The Morgan fingerprint density at radius 1 is 1.11 bits per heavy atom. The molecule has 0 spiro atoms. The zero-order valence-electron chi connectivity index (χ0n) is 5.22. The van der Waals surface area contributed by atoms with E-state index in [1.807, 2.05) is 0 Å². The van der Waals surface area contributed by atoms with Gasteiger partial charge in [0.15, 0.2) is 0 Å². The lowest BCUT2D eigenvalue weighted by Crippen LogP contribution is -1.98. The van der Waals surface area contributed by atoms with Gasteiger partial charge in [0.25, 0.3) is 0 Å². The molecule has 48 valence electrons. The van der Waals surface area contributed by atoms with Gasteiger partial charge in [-0.1, -0.05) is 5.10 Å². The molecule has 0 saturated carbocycles. The van der Waals surface area contributed by atoms with Crippen LogP contribution in [0, 0.1) is 19.9 Å². The first-order chi connectivity index (χ1) is 4.20. The van der Waals surface area contributed by atoms with Crippen LogP contribution < -0.4 is 0 Å². The molecule has 0 radical (unpaired) electrons. The highest BCUT2D eigenvalue weighted by Gasteiger charge is 1.96. The van der Waals surface area contributed by atoms with Crippen LogP contribution in [-0.2, 0) is 0 Å². The molecule has 0 saturated heterocycles. The van der Waals surface area contributed by atoms with Gasteiger partial charge >= 0.3 is 6.08 Å². The van der Waals surface area contributed by atoms with E-state index in [1.165, 1.54) is 0 Å². The third-order valence-corrected chi connectivity index (χ3v) is 1.07. The molecule has 0 aromatic carbocycles. The number of aromatic nitrogens is 3. The Kier molecular flexibility index (Phi) is 1.38. The maximum atomic E-state index is 12.1. The van der Waals surface area contributed by atoms with Gasteiger partial charge in [-0.2, -0.15) is 4.39 Å². The van der Waals surface area contributed by atoms with Gasteiger partial charge in [-0.05, 0) is 13.8 Å². The molecular weight excluding hydrogens is 121 g/mol. The molecule has 0 unspecified atom stereocenters. The molecule has 0 aliphatic rings. The van der Waals surface area contributed by atoms with Crippen LogP contribution in [0.1, 0.15) is 11.4 Å². The van der Waals surface area contributed by atoms with Gasteiger partial charge in [0.2, 0.25) is 0 Å². The Bertz CT molecular complexity index is 223. The normalized spacial score (nSPS) is 9.67. The van der Waals surface area contributed by atoms with Gasteiger partial charge in [-0.3, -0.25) is 0 Å². The Balaban J connectivity index is 3.17. The van der Waals surface area contributed by atoms with E-state index in [0.29, 0.717) is 11.4 Å². The summed E-state index contributed by atoms with van der Waals surface area (Å²) in [4.78, 5) is 3.43. The van der Waals surface area contributed by atoms with Crippen LogP contribution in [0.3, 0.4) is 0 Å². The summed E-state index contributed by atoms with van der Waals surface area (Å²) < 4.78 is 12.1. The first kappa shape index (κ1) is 6.07. The van der Waals surface area contributed by atoms with Gasteiger partial charge < -0.3 is 0 Å². The highest BCUT2D eigenvalue weighted by atomic mass is 19.1. The van der Waals surface area contributed by atoms with Crippen LogP contribution in [0.25, 0.3) is 0 Å². The number of aryl methyl sites for hydroxylation is 2. The summed E-state index contributed by atoms with van der Waals surface area (Å²) in [5, 5.41) is 6.60. The Labute approximate surface area is 52.0 Å². The molecule has 0 aliphatic heterocycles. The molecule has 3 nitrogen and oxygen atoms in total. The molecule has 0 N–H and O–H groups in total. The largest absolute Gasteiger partial charge is 0.327 e. The maximum Gasteiger partial charge on any atom is 0.327 e. The predicted octanol–water partition coefficient (Wildman–Crippen LogP) is 0.628. The van der Waals surface area contributed by atoms with Crippen molar-refractivity contribution in [1.29, 1.82) is 0 Å². The second kappa shape index (κ2) is 2.05. The Morgan fingerprint density at radius 3 is 2.22 bits per heavy atom. The summed E-state index contributed by atoms with van der Waals surface area (Å²) in [5.41, 5.74) is 1.25. The van der Waals surface area contributed by atoms with Gasteiger partial charge in [-0.25, -0.2) is 4.98 Å². The van der Waals surface area contributed by atoms with E-state index in [-0.39, 0.29) is 0 Å². The monoisotopic (exact) mass is 127 g/mol. The lowest BCUT2D eigenvalue weighted by molar-refractivity contribution is 0.510. The fourth-order valence-corrected chi connectivity index (χ4v) is 0.430. The third kappa shape index (κ3) is 1.19. The second-order valence-electron chi connectivity index (χ2n) is 1.75. The molecular formula is C5H6FN3. The lowest BCUT2D eigenvalue weighted by Gasteiger charge is -1.92. The fraction of sp³-hybridized carbons (Fsp3) is 0.400. The van der Waals surface area contributed by atoms with Crippen molar-refractivity contribution in [2.45, 2.75) is 13.8 Å². The van der Waals surface area contributed by atoms with E-state index < -0.39 is 6.08 Å². The lowest BCUT2D eigenvalue weighted by atomic mass is 10.4. The topological polar surface area (TPSA) is 38.7 Å². The Morgan fingerprint density at radius 2 is 1.78 bits per heavy atom. The van der Waals surface area contributed by atoms with E-state index in [9.17, 15) is 4.39 Å². The molecule has 9 heavy (non-hydrogen) atoms. The molecule has 4 heteroatoms. The van der Waals surface area contributed by atoms with Gasteiger partial charge in [0.05, 0.1) is 11.4 Å². The smallest absolute Gasteiger partial charge is 0.204 e. The highest BCUT2D eigenvalue weighted by molar-refractivity contribution is 5.02.